The number of ether oxygens (including phenoxy) is 1. The molecule has 1 heterocycles. The van der Waals surface area contributed by atoms with Gasteiger partial charge in [-0.1, -0.05) is 12.8 Å². The van der Waals surface area contributed by atoms with Crippen molar-refractivity contribution in [2.75, 3.05) is 19.5 Å². The SMILES string of the molecule is CSc1cc(C(F)(F)F)cc(C(F)(F)F)c1C(=O)N=C1COCC[C@H]1NC1CCCC1. The van der Waals surface area contributed by atoms with Crippen LogP contribution in [0.25, 0.3) is 0 Å². The highest BCUT2D eigenvalue weighted by Gasteiger charge is 2.41. The van der Waals surface area contributed by atoms with Crippen molar-refractivity contribution in [3.63, 3.8) is 0 Å². The first-order valence-corrected chi connectivity index (χ1v) is 11.0. The average molecular weight is 468 g/mol. The van der Waals surface area contributed by atoms with E-state index in [0.29, 0.717) is 30.9 Å². The molecule has 0 bridgehead atoms. The van der Waals surface area contributed by atoms with Crippen molar-refractivity contribution in [2.24, 2.45) is 4.99 Å². The van der Waals surface area contributed by atoms with Crippen molar-refractivity contribution in [3.8, 4) is 0 Å². The molecule has 1 aliphatic carbocycles. The Morgan fingerprint density at radius 1 is 1.10 bits per heavy atom. The number of aliphatic imine (C=N–C) groups is 1. The number of rotatable bonds is 4. The van der Waals surface area contributed by atoms with Crippen LogP contribution in [0.2, 0.25) is 0 Å². The van der Waals surface area contributed by atoms with Crippen LogP contribution in [0, 0.1) is 0 Å². The highest BCUT2D eigenvalue weighted by Crippen LogP contribution is 2.41. The molecule has 1 aromatic rings. The van der Waals surface area contributed by atoms with Crippen LogP contribution in [0.3, 0.4) is 0 Å². The summed E-state index contributed by atoms with van der Waals surface area (Å²) >= 11 is 0.636. The molecule has 1 aliphatic heterocycles. The first kappa shape index (κ1) is 24.1. The molecule has 3 rings (SSSR count). The fraction of sp³-hybridized carbons (Fsp3) is 0.600. The normalized spacial score (nSPS) is 22.3. The molecule has 2 fully saturated rings. The number of alkyl halides is 6. The largest absolute Gasteiger partial charge is 0.417 e. The summed E-state index contributed by atoms with van der Waals surface area (Å²) in [6.45, 7) is 0.397. The molecule has 1 saturated carbocycles. The molecular weight excluding hydrogens is 446 g/mol. The summed E-state index contributed by atoms with van der Waals surface area (Å²) in [5.74, 6) is -1.22. The van der Waals surface area contributed by atoms with Crippen LogP contribution < -0.4 is 5.32 Å². The summed E-state index contributed by atoms with van der Waals surface area (Å²) in [5, 5.41) is 3.39. The Morgan fingerprint density at radius 2 is 1.77 bits per heavy atom. The number of thioether (sulfide) groups is 1. The summed E-state index contributed by atoms with van der Waals surface area (Å²) in [5.41, 5.74) is -3.71. The van der Waals surface area contributed by atoms with Gasteiger partial charge < -0.3 is 10.1 Å². The van der Waals surface area contributed by atoms with Crippen LogP contribution in [0.4, 0.5) is 26.3 Å². The molecule has 31 heavy (non-hydrogen) atoms. The molecule has 172 valence electrons. The van der Waals surface area contributed by atoms with E-state index in [9.17, 15) is 31.1 Å². The van der Waals surface area contributed by atoms with Gasteiger partial charge in [0.25, 0.3) is 5.91 Å². The van der Waals surface area contributed by atoms with Gasteiger partial charge in [-0.25, -0.2) is 4.99 Å². The van der Waals surface area contributed by atoms with Crippen LogP contribution in [0.1, 0.15) is 53.6 Å². The number of nitrogens with one attached hydrogen (secondary N) is 1. The number of carbonyl (C=O) groups is 1. The molecule has 11 heteroatoms. The molecular formula is C20H22F6N2O2S. The van der Waals surface area contributed by atoms with E-state index in [1.165, 1.54) is 6.26 Å². The maximum atomic E-state index is 13.6. The number of benzene rings is 1. The van der Waals surface area contributed by atoms with Crippen molar-refractivity contribution < 1.29 is 35.9 Å². The quantitative estimate of drug-likeness (QED) is 0.478. The van der Waals surface area contributed by atoms with Gasteiger partial charge in [-0.05, 0) is 37.7 Å². The van der Waals surface area contributed by atoms with Gasteiger partial charge in [-0.2, -0.15) is 26.3 Å². The van der Waals surface area contributed by atoms with E-state index in [1.54, 1.807) is 0 Å². The maximum Gasteiger partial charge on any atom is 0.417 e. The van der Waals surface area contributed by atoms with Crippen molar-refractivity contribution in [1.82, 2.24) is 5.32 Å². The van der Waals surface area contributed by atoms with E-state index < -0.39 is 39.8 Å². The maximum absolute atomic E-state index is 13.6. The van der Waals surface area contributed by atoms with Gasteiger partial charge >= 0.3 is 12.4 Å². The van der Waals surface area contributed by atoms with Crippen LogP contribution in [0.15, 0.2) is 22.0 Å². The smallest absolute Gasteiger partial charge is 0.375 e. The van der Waals surface area contributed by atoms with Crippen LogP contribution in [-0.4, -0.2) is 43.2 Å². The summed E-state index contributed by atoms with van der Waals surface area (Å²) in [4.78, 5) is 16.3. The number of hydrogen-bond acceptors (Lipinski definition) is 4. The highest BCUT2D eigenvalue weighted by atomic mass is 32.2. The zero-order valence-electron chi connectivity index (χ0n) is 16.7. The van der Waals surface area contributed by atoms with Gasteiger partial charge in [-0.15, -0.1) is 11.8 Å². The van der Waals surface area contributed by atoms with Crippen molar-refractivity contribution in [2.45, 2.75) is 61.4 Å². The van der Waals surface area contributed by atoms with E-state index in [2.05, 4.69) is 10.3 Å². The van der Waals surface area contributed by atoms with Crippen LogP contribution >= 0.6 is 11.8 Å². The number of amides is 1. The summed E-state index contributed by atoms with van der Waals surface area (Å²) in [6, 6.07) is 0.446. The fourth-order valence-electron chi connectivity index (χ4n) is 3.88. The topological polar surface area (TPSA) is 50.7 Å². The van der Waals surface area contributed by atoms with Crippen molar-refractivity contribution in [1.29, 1.82) is 0 Å². The zero-order chi connectivity index (χ0) is 22.8. The third kappa shape index (κ3) is 5.81. The first-order chi connectivity index (χ1) is 14.5. The monoisotopic (exact) mass is 468 g/mol. The minimum Gasteiger partial charge on any atom is -0.375 e. The van der Waals surface area contributed by atoms with E-state index >= 15 is 0 Å². The molecule has 1 saturated heterocycles. The predicted octanol–water partition coefficient (Wildman–Crippen LogP) is 5.35. The summed E-state index contributed by atoms with van der Waals surface area (Å²) in [7, 11) is 0. The minimum atomic E-state index is -5.15. The summed E-state index contributed by atoms with van der Waals surface area (Å²) < 4.78 is 85.5. The molecule has 0 spiro atoms. The lowest BCUT2D eigenvalue weighted by molar-refractivity contribution is -0.143. The number of hydrogen-bond donors (Lipinski definition) is 1. The lowest BCUT2D eigenvalue weighted by Crippen LogP contribution is -2.47. The number of halogens is 6. The van der Waals surface area contributed by atoms with Crippen LogP contribution in [0.5, 0.6) is 0 Å². The molecule has 1 N–H and O–H groups in total. The van der Waals surface area contributed by atoms with Gasteiger partial charge in [-0.3, -0.25) is 4.79 Å². The predicted molar refractivity (Wildman–Crippen MR) is 105 cm³/mol. The molecule has 1 amide bonds. The van der Waals surface area contributed by atoms with Gasteiger partial charge in [0.2, 0.25) is 0 Å². The van der Waals surface area contributed by atoms with Crippen molar-refractivity contribution >= 4 is 23.4 Å². The third-order valence-corrected chi connectivity index (χ3v) is 6.17. The number of nitrogens with zero attached hydrogens (tertiary/aromatic N) is 1. The van der Waals surface area contributed by atoms with Gasteiger partial charge in [0.15, 0.2) is 0 Å². The van der Waals surface area contributed by atoms with E-state index in [4.69, 9.17) is 4.74 Å². The zero-order valence-corrected chi connectivity index (χ0v) is 17.5. The van der Waals surface area contributed by atoms with E-state index in [-0.39, 0.29) is 30.5 Å². The Labute approximate surface area is 179 Å². The molecule has 0 unspecified atom stereocenters. The Morgan fingerprint density at radius 3 is 2.35 bits per heavy atom. The highest BCUT2D eigenvalue weighted by molar-refractivity contribution is 7.98. The van der Waals surface area contributed by atoms with Crippen LogP contribution in [-0.2, 0) is 17.1 Å². The molecule has 1 atom stereocenters. The first-order valence-electron chi connectivity index (χ1n) is 9.82. The van der Waals surface area contributed by atoms with Gasteiger partial charge in [0, 0.05) is 17.5 Å². The molecule has 0 radical (unpaired) electrons. The lowest BCUT2D eigenvalue weighted by atomic mass is 10.0. The Balaban J connectivity index is 2.00. The molecule has 4 nitrogen and oxygen atoms in total. The van der Waals surface area contributed by atoms with Gasteiger partial charge in [0.05, 0.1) is 35.1 Å². The lowest BCUT2D eigenvalue weighted by Gasteiger charge is -2.28. The van der Waals surface area contributed by atoms with E-state index in [1.807, 2.05) is 0 Å². The van der Waals surface area contributed by atoms with Crippen molar-refractivity contribution in [3.05, 3.63) is 28.8 Å². The van der Waals surface area contributed by atoms with E-state index in [0.717, 1.165) is 25.7 Å². The average Bonchev–Trinajstić information content (AvgIpc) is 3.20. The van der Waals surface area contributed by atoms with Gasteiger partial charge in [0.1, 0.15) is 0 Å². The third-order valence-electron chi connectivity index (χ3n) is 5.41. The standard InChI is InChI=1S/C20H22F6N2O2S/c1-31-16-9-11(19(21,22)23)8-13(20(24,25)26)17(16)18(29)28-15-10-30-7-6-14(15)27-12-4-2-3-5-12/h8-9,12,14,27H,2-7,10H2,1H3/t14-/m1/s1. The minimum absolute atomic E-state index is 0.0211. The Hall–Kier alpha value is -1.59. The number of carbonyl (C=O) groups excluding carboxylic acids is 1. The fourth-order valence-corrected chi connectivity index (χ4v) is 4.53. The second-order valence-electron chi connectivity index (χ2n) is 7.55. The second-order valence-corrected chi connectivity index (χ2v) is 8.39. The molecule has 1 aromatic carbocycles. The Bertz CT molecular complexity index is 847. The molecule has 2 aliphatic rings. The Kier molecular flexibility index (Phi) is 7.37. The second kappa shape index (κ2) is 9.50. The molecule has 0 aromatic heterocycles. The summed E-state index contributed by atoms with van der Waals surface area (Å²) in [6.07, 6.45) is -4.23.